The number of nitrogens with one attached hydrogen (secondary N) is 1. The molecule has 0 spiro atoms. The molecule has 6 heteroatoms. The Balaban J connectivity index is 1.87. The first-order valence-corrected chi connectivity index (χ1v) is 9.24. The summed E-state index contributed by atoms with van der Waals surface area (Å²) in [7, 11) is 2.08. The van der Waals surface area contributed by atoms with Crippen molar-refractivity contribution < 1.29 is 9.47 Å². The maximum absolute atomic E-state index is 5.50. The first-order valence-electron chi connectivity index (χ1n) is 9.24. The number of ether oxygens (including phenoxy) is 2. The number of benzene rings is 1. The quantitative estimate of drug-likeness (QED) is 0.574. The first-order chi connectivity index (χ1) is 12.2. The van der Waals surface area contributed by atoms with E-state index in [1.165, 1.54) is 5.56 Å². The van der Waals surface area contributed by atoms with Gasteiger partial charge in [0.25, 0.3) is 0 Å². The average Bonchev–Trinajstić information content (AvgIpc) is 2.64. The molecule has 0 unspecified atom stereocenters. The van der Waals surface area contributed by atoms with Crippen molar-refractivity contribution >= 4 is 5.96 Å². The van der Waals surface area contributed by atoms with Crippen LogP contribution in [-0.2, 0) is 11.3 Å². The SMILES string of the molecule is CCNC(=NCCN1CCOCC1)N(C)Cc1ccc(OCC)cc1. The second-order valence-electron chi connectivity index (χ2n) is 6.12. The number of morpholine rings is 1. The zero-order valence-corrected chi connectivity index (χ0v) is 15.8. The van der Waals surface area contributed by atoms with Gasteiger partial charge in [-0.2, -0.15) is 0 Å². The van der Waals surface area contributed by atoms with Gasteiger partial charge in [0.1, 0.15) is 5.75 Å². The standard InChI is InChI=1S/C19H32N4O2/c1-4-20-19(21-10-11-23-12-14-24-15-13-23)22(3)16-17-6-8-18(9-7-17)25-5-2/h6-9H,4-5,10-16H2,1-3H3,(H,20,21). The van der Waals surface area contributed by atoms with Crippen LogP contribution in [0.5, 0.6) is 5.75 Å². The molecule has 1 aromatic carbocycles. The van der Waals surface area contributed by atoms with Gasteiger partial charge in [-0.15, -0.1) is 0 Å². The minimum atomic E-state index is 0.694. The van der Waals surface area contributed by atoms with Crippen LogP contribution in [0.2, 0.25) is 0 Å². The van der Waals surface area contributed by atoms with E-state index in [0.717, 1.165) is 64.2 Å². The molecule has 1 fully saturated rings. The normalized spacial score (nSPS) is 15.9. The zero-order chi connectivity index (χ0) is 17.9. The van der Waals surface area contributed by atoms with E-state index >= 15 is 0 Å². The van der Waals surface area contributed by atoms with E-state index in [9.17, 15) is 0 Å². The average molecular weight is 348 g/mol. The van der Waals surface area contributed by atoms with Gasteiger partial charge in [0, 0.05) is 39.8 Å². The molecular weight excluding hydrogens is 316 g/mol. The number of aliphatic imine (C=N–C) groups is 1. The van der Waals surface area contributed by atoms with Crippen LogP contribution in [0.1, 0.15) is 19.4 Å². The largest absolute Gasteiger partial charge is 0.494 e. The molecule has 1 heterocycles. The predicted molar refractivity (Wildman–Crippen MR) is 102 cm³/mol. The Bertz CT molecular complexity index is 513. The summed E-state index contributed by atoms with van der Waals surface area (Å²) in [4.78, 5) is 9.35. The van der Waals surface area contributed by atoms with E-state index in [1.807, 2.05) is 19.1 Å². The molecule has 0 radical (unpaired) electrons. The lowest BCUT2D eigenvalue weighted by Gasteiger charge is -2.26. The molecule has 1 N–H and O–H groups in total. The molecule has 1 aliphatic heterocycles. The topological polar surface area (TPSA) is 49.3 Å². The Morgan fingerprint density at radius 3 is 2.60 bits per heavy atom. The van der Waals surface area contributed by atoms with Crippen molar-refractivity contribution in [3.63, 3.8) is 0 Å². The van der Waals surface area contributed by atoms with Crippen molar-refractivity contribution in [1.29, 1.82) is 0 Å². The van der Waals surface area contributed by atoms with Gasteiger partial charge >= 0.3 is 0 Å². The molecule has 0 saturated carbocycles. The van der Waals surface area contributed by atoms with Crippen LogP contribution in [0.25, 0.3) is 0 Å². The summed E-state index contributed by atoms with van der Waals surface area (Å²) in [5.74, 6) is 1.87. The number of hydrogen-bond donors (Lipinski definition) is 1. The molecule has 1 aliphatic rings. The summed E-state index contributed by atoms with van der Waals surface area (Å²) >= 11 is 0. The summed E-state index contributed by atoms with van der Waals surface area (Å²) in [6, 6.07) is 8.27. The van der Waals surface area contributed by atoms with Crippen LogP contribution in [0.4, 0.5) is 0 Å². The molecule has 1 aromatic rings. The lowest BCUT2D eigenvalue weighted by atomic mass is 10.2. The summed E-state index contributed by atoms with van der Waals surface area (Å²) in [5, 5.41) is 3.38. The van der Waals surface area contributed by atoms with Gasteiger partial charge in [-0.05, 0) is 31.5 Å². The summed E-state index contributed by atoms with van der Waals surface area (Å²) in [6.45, 7) is 11.9. The van der Waals surface area contributed by atoms with Crippen molar-refractivity contribution in [2.45, 2.75) is 20.4 Å². The Hall–Kier alpha value is -1.79. The predicted octanol–water partition coefficient (Wildman–Crippen LogP) is 1.81. The van der Waals surface area contributed by atoms with Crippen LogP contribution >= 0.6 is 0 Å². The highest BCUT2D eigenvalue weighted by atomic mass is 16.5. The highest BCUT2D eigenvalue weighted by Crippen LogP contribution is 2.13. The number of guanidine groups is 1. The van der Waals surface area contributed by atoms with E-state index < -0.39 is 0 Å². The van der Waals surface area contributed by atoms with Gasteiger partial charge in [0.15, 0.2) is 5.96 Å². The second-order valence-corrected chi connectivity index (χ2v) is 6.12. The lowest BCUT2D eigenvalue weighted by Crippen LogP contribution is -2.40. The van der Waals surface area contributed by atoms with Crippen molar-refractivity contribution in [1.82, 2.24) is 15.1 Å². The van der Waals surface area contributed by atoms with Gasteiger partial charge in [0.05, 0.1) is 26.4 Å². The Labute approximate surface area is 151 Å². The van der Waals surface area contributed by atoms with Crippen LogP contribution < -0.4 is 10.1 Å². The molecule has 0 bridgehead atoms. The molecular formula is C19H32N4O2. The van der Waals surface area contributed by atoms with Crippen molar-refractivity contribution in [3.05, 3.63) is 29.8 Å². The molecule has 1 saturated heterocycles. The Morgan fingerprint density at radius 1 is 1.24 bits per heavy atom. The van der Waals surface area contributed by atoms with Crippen LogP contribution in [0.3, 0.4) is 0 Å². The van der Waals surface area contributed by atoms with E-state index in [1.54, 1.807) is 0 Å². The van der Waals surface area contributed by atoms with Gasteiger partial charge in [-0.25, -0.2) is 0 Å². The van der Waals surface area contributed by atoms with E-state index in [2.05, 4.69) is 41.2 Å². The van der Waals surface area contributed by atoms with Crippen LogP contribution in [-0.4, -0.2) is 75.4 Å². The minimum absolute atomic E-state index is 0.694. The maximum Gasteiger partial charge on any atom is 0.194 e. The molecule has 0 atom stereocenters. The fourth-order valence-electron chi connectivity index (χ4n) is 2.80. The van der Waals surface area contributed by atoms with Gasteiger partial charge in [-0.3, -0.25) is 9.89 Å². The fourth-order valence-corrected chi connectivity index (χ4v) is 2.80. The summed E-state index contributed by atoms with van der Waals surface area (Å²) < 4.78 is 10.9. The van der Waals surface area contributed by atoms with Gasteiger partial charge in [0.2, 0.25) is 0 Å². The number of hydrogen-bond acceptors (Lipinski definition) is 4. The Morgan fingerprint density at radius 2 is 1.96 bits per heavy atom. The highest BCUT2D eigenvalue weighted by Gasteiger charge is 2.10. The molecule has 0 aliphatic carbocycles. The third-order valence-electron chi connectivity index (χ3n) is 4.13. The monoisotopic (exact) mass is 348 g/mol. The zero-order valence-electron chi connectivity index (χ0n) is 15.8. The first kappa shape index (κ1) is 19.5. The van der Waals surface area contributed by atoms with Crippen molar-refractivity contribution in [2.75, 3.05) is 59.6 Å². The maximum atomic E-state index is 5.50. The molecule has 0 amide bonds. The molecule has 2 rings (SSSR count). The minimum Gasteiger partial charge on any atom is -0.494 e. The third kappa shape index (κ3) is 6.92. The third-order valence-corrected chi connectivity index (χ3v) is 4.13. The van der Waals surface area contributed by atoms with E-state index in [4.69, 9.17) is 14.5 Å². The fraction of sp³-hybridized carbons (Fsp3) is 0.632. The highest BCUT2D eigenvalue weighted by molar-refractivity contribution is 5.79. The van der Waals surface area contributed by atoms with E-state index in [0.29, 0.717) is 6.61 Å². The van der Waals surface area contributed by atoms with Gasteiger partial charge in [-0.1, -0.05) is 12.1 Å². The number of nitrogens with zero attached hydrogens (tertiary/aromatic N) is 3. The lowest BCUT2D eigenvalue weighted by molar-refractivity contribution is 0.0394. The molecule has 140 valence electrons. The smallest absolute Gasteiger partial charge is 0.194 e. The van der Waals surface area contributed by atoms with E-state index in [-0.39, 0.29) is 0 Å². The number of rotatable bonds is 8. The van der Waals surface area contributed by atoms with Crippen LogP contribution in [0, 0.1) is 0 Å². The second kappa shape index (κ2) is 10.9. The molecule has 25 heavy (non-hydrogen) atoms. The summed E-state index contributed by atoms with van der Waals surface area (Å²) in [6.07, 6.45) is 0. The van der Waals surface area contributed by atoms with Gasteiger partial charge < -0.3 is 19.7 Å². The molecule has 6 nitrogen and oxygen atoms in total. The summed E-state index contributed by atoms with van der Waals surface area (Å²) in [5.41, 5.74) is 1.24. The van der Waals surface area contributed by atoms with Crippen LogP contribution in [0.15, 0.2) is 29.3 Å². The van der Waals surface area contributed by atoms with Crippen molar-refractivity contribution in [2.24, 2.45) is 4.99 Å². The Kier molecular flexibility index (Phi) is 8.55. The molecule has 0 aromatic heterocycles. The van der Waals surface area contributed by atoms with Crippen molar-refractivity contribution in [3.8, 4) is 5.75 Å².